The molecule has 0 aromatic carbocycles. The molecule has 2 heterocycles. The largest absolute Gasteiger partial charge is 0.366 e. The van der Waals surface area contributed by atoms with Crippen molar-refractivity contribution in [3.63, 3.8) is 0 Å². The highest BCUT2D eigenvalue weighted by Gasteiger charge is 2.13. The summed E-state index contributed by atoms with van der Waals surface area (Å²) in [5.74, 6) is -0.479. The van der Waals surface area contributed by atoms with E-state index in [0.717, 1.165) is 10.3 Å². The topological polar surface area (TPSA) is 60.2 Å². The first-order valence-electron chi connectivity index (χ1n) is 3.47. The lowest BCUT2D eigenvalue weighted by Gasteiger charge is -1.89. The molecule has 1 amide bonds. The van der Waals surface area contributed by atoms with E-state index in [0.29, 0.717) is 16.5 Å². The fourth-order valence-corrected chi connectivity index (χ4v) is 3.21. The average Bonchev–Trinajstić information content (AvgIpc) is 2.61. The van der Waals surface area contributed by atoms with Crippen molar-refractivity contribution in [2.24, 2.45) is 5.73 Å². The van der Waals surface area contributed by atoms with Crippen molar-refractivity contribution >= 4 is 44.3 Å². The van der Waals surface area contributed by atoms with E-state index in [1.807, 2.05) is 0 Å². The minimum Gasteiger partial charge on any atom is -0.366 e. The molecule has 0 aliphatic carbocycles. The number of fused-ring (bicyclic) bond motifs is 1. The zero-order valence-corrected chi connectivity index (χ0v) is 8.08. The van der Waals surface area contributed by atoms with Crippen molar-refractivity contribution in [3.8, 4) is 0 Å². The molecule has 2 aromatic rings. The molecule has 0 saturated carbocycles. The summed E-state index contributed by atoms with van der Waals surface area (Å²) in [5, 5.41) is 4.13. The van der Waals surface area contributed by atoms with Crippen LogP contribution in [-0.4, -0.2) is 12.2 Å². The van der Waals surface area contributed by atoms with Gasteiger partial charge in [-0.2, -0.15) is 0 Å². The van der Waals surface area contributed by atoms with Crippen molar-refractivity contribution in [2.45, 2.75) is 0 Å². The van der Waals surface area contributed by atoms with E-state index in [1.165, 1.54) is 22.7 Å². The van der Waals surface area contributed by atoms with Crippen molar-refractivity contribution < 1.29 is 9.59 Å². The molecule has 0 saturated heterocycles. The Balaban J connectivity index is 2.82. The van der Waals surface area contributed by atoms with Gasteiger partial charge in [0.2, 0.25) is 5.91 Å². The van der Waals surface area contributed by atoms with Gasteiger partial charge in [0.1, 0.15) is 0 Å². The first-order valence-corrected chi connectivity index (χ1v) is 5.23. The molecule has 0 atom stereocenters. The highest BCUT2D eigenvalue weighted by atomic mass is 32.2. The van der Waals surface area contributed by atoms with Gasteiger partial charge in [-0.1, -0.05) is 0 Å². The minimum atomic E-state index is -0.479. The summed E-state index contributed by atoms with van der Waals surface area (Å²) in [5.41, 5.74) is 6.16. The number of nitrogens with two attached hydrogens (primary N) is 1. The number of carbonyl (C=O) groups is 2. The second-order valence-corrected chi connectivity index (χ2v) is 4.50. The van der Waals surface area contributed by atoms with Gasteiger partial charge in [0.05, 0.1) is 9.58 Å². The number of amides is 1. The Bertz CT molecular complexity index is 483. The van der Waals surface area contributed by atoms with Gasteiger partial charge in [-0.05, 0) is 0 Å². The average molecular weight is 211 g/mol. The molecule has 3 nitrogen and oxygen atoms in total. The van der Waals surface area contributed by atoms with Gasteiger partial charge in [0.25, 0.3) is 0 Å². The van der Waals surface area contributed by atoms with Gasteiger partial charge >= 0.3 is 0 Å². The van der Waals surface area contributed by atoms with E-state index >= 15 is 0 Å². The fourth-order valence-electron chi connectivity index (χ4n) is 1.14. The molecule has 0 fully saturated rings. The number of hydrogen-bond donors (Lipinski definition) is 1. The van der Waals surface area contributed by atoms with Crippen LogP contribution in [0.25, 0.3) is 9.40 Å². The summed E-state index contributed by atoms with van der Waals surface area (Å²) >= 11 is 2.89. The van der Waals surface area contributed by atoms with Crippen molar-refractivity contribution in [1.82, 2.24) is 0 Å². The molecule has 2 rings (SSSR count). The van der Waals surface area contributed by atoms with Crippen LogP contribution in [-0.2, 0) is 0 Å². The minimum absolute atomic E-state index is 0.448. The highest BCUT2D eigenvalue weighted by Crippen LogP contribution is 2.33. The van der Waals surface area contributed by atoms with Crippen LogP contribution >= 0.6 is 22.7 Å². The quantitative estimate of drug-likeness (QED) is 0.771. The SMILES string of the molecule is NC(=O)c1csc2scc(C=O)c12. The standard InChI is InChI=1S/C8H5NO2S2/c9-7(11)5-3-13-8-6(5)4(1-10)2-12-8/h1-3H,(H2,9,11). The van der Waals surface area contributed by atoms with E-state index < -0.39 is 5.91 Å². The number of aldehydes is 1. The summed E-state index contributed by atoms with van der Waals surface area (Å²) in [6.45, 7) is 0. The molecule has 13 heavy (non-hydrogen) atoms. The van der Waals surface area contributed by atoms with E-state index in [1.54, 1.807) is 10.8 Å². The highest BCUT2D eigenvalue weighted by molar-refractivity contribution is 7.37. The van der Waals surface area contributed by atoms with Crippen LogP contribution < -0.4 is 5.73 Å². The van der Waals surface area contributed by atoms with Gasteiger partial charge in [-0.3, -0.25) is 9.59 Å². The van der Waals surface area contributed by atoms with Crippen LogP contribution in [0.4, 0.5) is 0 Å². The van der Waals surface area contributed by atoms with Gasteiger partial charge < -0.3 is 5.73 Å². The third-order valence-electron chi connectivity index (χ3n) is 1.73. The third-order valence-corrected chi connectivity index (χ3v) is 3.87. The molecule has 0 radical (unpaired) electrons. The molecule has 0 aliphatic rings. The molecule has 66 valence electrons. The van der Waals surface area contributed by atoms with Crippen molar-refractivity contribution in [3.05, 3.63) is 21.9 Å². The second kappa shape index (κ2) is 2.93. The molecular weight excluding hydrogens is 206 g/mol. The molecule has 2 aromatic heterocycles. The number of primary amides is 1. The van der Waals surface area contributed by atoms with Gasteiger partial charge in [-0.15, -0.1) is 22.7 Å². The molecular formula is C8H5NO2S2. The van der Waals surface area contributed by atoms with Gasteiger partial charge in [-0.25, -0.2) is 0 Å². The summed E-state index contributed by atoms with van der Waals surface area (Å²) in [4.78, 5) is 21.6. The number of rotatable bonds is 2. The van der Waals surface area contributed by atoms with Crippen LogP contribution in [0.2, 0.25) is 0 Å². The third kappa shape index (κ3) is 1.16. The Kier molecular flexibility index (Phi) is 1.90. The lowest BCUT2D eigenvalue weighted by molar-refractivity contribution is 0.100. The summed E-state index contributed by atoms with van der Waals surface area (Å²) in [6.07, 6.45) is 0.748. The fraction of sp³-hybridized carbons (Fsp3) is 0. The zero-order valence-electron chi connectivity index (χ0n) is 6.44. The van der Waals surface area contributed by atoms with Crippen LogP contribution in [0.15, 0.2) is 10.8 Å². The van der Waals surface area contributed by atoms with Crippen LogP contribution in [0, 0.1) is 0 Å². The Labute approximate surface area is 81.8 Å². The Morgan fingerprint density at radius 2 is 2.08 bits per heavy atom. The van der Waals surface area contributed by atoms with Crippen LogP contribution in [0.1, 0.15) is 20.7 Å². The maximum Gasteiger partial charge on any atom is 0.250 e. The first kappa shape index (κ1) is 8.40. The van der Waals surface area contributed by atoms with E-state index in [4.69, 9.17) is 5.73 Å². The van der Waals surface area contributed by atoms with E-state index in [9.17, 15) is 9.59 Å². The lowest BCUT2D eigenvalue weighted by atomic mass is 10.2. The lowest BCUT2D eigenvalue weighted by Crippen LogP contribution is -2.10. The van der Waals surface area contributed by atoms with Gasteiger partial charge in [0.15, 0.2) is 6.29 Å². The molecule has 0 unspecified atom stereocenters. The van der Waals surface area contributed by atoms with E-state index in [-0.39, 0.29) is 0 Å². The molecule has 0 bridgehead atoms. The number of thiophene rings is 2. The smallest absolute Gasteiger partial charge is 0.250 e. The van der Waals surface area contributed by atoms with Crippen LogP contribution in [0.3, 0.4) is 0 Å². The maximum absolute atomic E-state index is 11.0. The van der Waals surface area contributed by atoms with Crippen LogP contribution in [0.5, 0.6) is 0 Å². The second-order valence-electron chi connectivity index (χ2n) is 2.48. The number of carbonyl (C=O) groups excluding carboxylic acids is 2. The Morgan fingerprint density at radius 3 is 2.69 bits per heavy atom. The monoisotopic (exact) mass is 211 g/mol. The predicted molar refractivity (Wildman–Crippen MR) is 53.6 cm³/mol. The molecule has 2 N–H and O–H groups in total. The Morgan fingerprint density at radius 1 is 1.38 bits per heavy atom. The molecule has 0 spiro atoms. The van der Waals surface area contributed by atoms with Crippen molar-refractivity contribution in [2.75, 3.05) is 0 Å². The normalized spacial score (nSPS) is 10.5. The molecule has 5 heteroatoms. The van der Waals surface area contributed by atoms with E-state index in [2.05, 4.69) is 0 Å². The number of hydrogen-bond acceptors (Lipinski definition) is 4. The zero-order chi connectivity index (χ0) is 9.42. The van der Waals surface area contributed by atoms with Gasteiger partial charge in [0, 0.05) is 21.7 Å². The maximum atomic E-state index is 11.0. The molecule has 0 aliphatic heterocycles. The Hall–Kier alpha value is -1.20. The first-order chi connectivity index (χ1) is 6.24. The summed E-state index contributed by atoms with van der Waals surface area (Å²) in [6, 6.07) is 0. The predicted octanol–water partition coefficient (Wildman–Crippen LogP) is 1.87. The summed E-state index contributed by atoms with van der Waals surface area (Å²) in [7, 11) is 0. The summed E-state index contributed by atoms with van der Waals surface area (Å²) < 4.78 is 0.968. The van der Waals surface area contributed by atoms with Crippen molar-refractivity contribution in [1.29, 1.82) is 0 Å².